The first kappa shape index (κ1) is 25.9. The lowest BCUT2D eigenvalue weighted by Crippen LogP contribution is -1.92. The molecule has 0 radical (unpaired) electrons. The number of halogens is 2. The van der Waals surface area contributed by atoms with Crippen molar-refractivity contribution < 1.29 is 0 Å². The van der Waals surface area contributed by atoms with Gasteiger partial charge >= 0.3 is 0 Å². The van der Waals surface area contributed by atoms with Crippen LogP contribution < -0.4 is 10.6 Å². The molecule has 38 heavy (non-hydrogen) atoms. The molecule has 2 aliphatic heterocycles. The Morgan fingerprint density at radius 1 is 0.605 bits per heavy atom. The maximum absolute atomic E-state index is 4.20. The quantitative estimate of drug-likeness (QED) is 0.147. The maximum atomic E-state index is 4.20. The molecule has 0 spiro atoms. The number of aromatic amines is 2. The van der Waals surface area contributed by atoms with E-state index in [0.29, 0.717) is 0 Å². The largest absolute Gasteiger partial charge is 0.370 e. The number of rotatable bonds is 0. The van der Waals surface area contributed by atoms with Gasteiger partial charge in [-0.2, -0.15) is 0 Å². The monoisotopic (exact) mass is 632 g/mol. The molecule has 0 unspecified atom stereocenters. The Kier molecular flexibility index (Phi) is 8.62. The second-order valence-corrected chi connectivity index (χ2v) is 10.3. The van der Waals surface area contributed by atoms with E-state index in [0.717, 1.165) is 68.6 Å². The zero-order valence-corrected chi connectivity index (χ0v) is 23.6. The van der Waals surface area contributed by atoms with Crippen LogP contribution >= 0.6 is 31.9 Å². The van der Waals surface area contributed by atoms with Crippen LogP contribution in [0.1, 0.15) is 11.1 Å². The van der Waals surface area contributed by atoms with Crippen LogP contribution in [0.5, 0.6) is 0 Å². The summed E-state index contributed by atoms with van der Waals surface area (Å²) in [5.41, 5.74) is 4.55. The molecule has 0 amide bonds. The van der Waals surface area contributed by atoms with E-state index in [4.69, 9.17) is 0 Å². The number of pyridine rings is 4. The first-order chi connectivity index (χ1) is 18.7. The summed E-state index contributed by atoms with van der Waals surface area (Å²) in [5.74, 6) is 2.11. The van der Waals surface area contributed by atoms with Crippen molar-refractivity contribution in [2.45, 2.75) is 12.8 Å². The molecule has 0 fully saturated rings. The lowest BCUT2D eigenvalue weighted by Gasteiger charge is -1.96. The molecule has 192 valence electrons. The third-order valence-corrected chi connectivity index (χ3v) is 6.75. The second kappa shape index (κ2) is 12.7. The lowest BCUT2D eigenvalue weighted by atomic mass is 10.2. The topological polar surface area (TPSA) is 107 Å². The summed E-state index contributed by atoms with van der Waals surface area (Å²) in [6, 6.07) is 16.2. The van der Waals surface area contributed by atoms with E-state index in [2.05, 4.69) is 84.5 Å². The van der Waals surface area contributed by atoms with Gasteiger partial charge in [-0.3, -0.25) is 0 Å². The molecule has 6 aromatic heterocycles. The predicted molar refractivity (Wildman–Crippen MR) is 160 cm³/mol. The zero-order chi connectivity index (χ0) is 26.2. The third-order valence-electron chi connectivity index (χ3n) is 5.89. The minimum Gasteiger partial charge on any atom is -0.370 e. The van der Waals surface area contributed by atoms with Crippen molar-refractivity contribution in [1.82, 2.24) is 29.9 Å². The fourth-order valence-corrected chi connectivity index (χ4v) is 4.79. The summed E-state index contributed by atoms with van der Waals surface area (Å²) < 4.78 is 2.08. The molecular formula is C28H26Br2N8. The summed E-state index contributed by atoms with van der Waals surface area (Å²) in [6.45, 7) is 2.07. The Labute approximate surface area is 237 Å². The molecule has 0 saturated heterocycles. The highest BCUT2D eigenvalue weighted by atomic mass is 79.9. The molecule has 0 saturated carbocycles. The van der Waals surface area contributed by atoms with Crippen molar-refractivity contribution >= 4 is 65.6 Å². The third kappa shape index (κ3) is 6.76. The molecule has 0 bridgehead atoms. The van der Waals surface area contributed by atoms with Crippen molar-refractivity contribution in [3.05, 3.63) is 106 Å². The molecule has 8 rings (SSSR count). The van der Waals surface area contributed by atoms with Crippen molar-refractivity contribution in [1.29, 1.82) is 0 Å². The molecule has 10 heteroatoms. The maximum Gasteiger partial charge on any atom is 0.137 e. The number of hydrogen-bond acceptors (Lipinski definition) is 6. The highest BCUT2D eigenvalue weighted by molar-refractivity contribution is 9.10. The van der Waals surface area contributed by atoms with Gasteiger partial charge in [-0.1, -0.05) is 6.07 Å². The first-order valence-electron chi connectivity index (χ1n) is 12.2. The first-order valence-corrected chi connectivity index (χ1v) is 13.8. The van der Waals surface area contributed by atoms with Crippen LogP contribution in [-0.2, 0) is 12.8 Å². The Balaban J connectivity index is 0.000000103. The number of nitrogens with zero attached hydrogens (tertiary/aromatic N) is 4. The molecule has 0 atom stereocenters. The van der Waals surface area contributed by atoms with Gasteiger partial charge in [0.15, 0.2) is 0 Å². The SMILES string of the molecule is Brc1cnc2[nH]ccc2c1.Brc1cnc2c(c1)CCN2.c1cnc2[nH]ccc2c1.c1cnc2c(c1)CCN2. The van der Waals surface area contributed by atoms with Crippen LogP contribution in [0.2, 0.25) is 0 Å². The summed E-state index contributed by atoms with van der Waals surface area (Å²) in [6.07, 6.45) is 13.2. The molecule has 2 aliphatic rings. The number of H-pyrrole nitrogens is 2. The predicted octanol–water partition coefficient (Wildman–Crippen LogP) is 6.75. The lowest BCUT2D eigenvalue weighted by molar-refractivity contribution is 1.10. The van der Waals surface area contributed by atoms with Crippen LogP contribution in [0.4, 0.5) is 11.6 Å². The van der Waals surface area contributed by atoms with Gasteiger partial charge in [0.2, 0.25) is 0 Å². The number of anilines is 2. The summed E-state index contributed by atoms with van der Waals surface area (Å²) >= 11 is 6.72. The van der Waals surface area contributed by atoms with E-state index in [1.165, 1.54) is 11.1 Å². The van der Waals surface area contributed by atoms with Crippen molar-refractivity contribution in [2.75, 3.05) is 23.7 Å². The molecule has 8 heterocycles. The summed E-state index contributed by atoms with van der Waals surface area (Å²) in [7, 11) is 0. The fourth-order valence-electron chi connectivity index (χ4n) is 4.06. The van der Waals surface area contributed by atoms with Gasteiger partial charge in [0.1, 0.15) is 22.9 Å². The van der Waals surface area contributed by atoms with E-state index >= 15 is 0 Å². The van der Waals surface area contributed by atoms with Crippen molar-refractivity contribution in [2.24, 2.45) is 0 Å². The fraction of sp³-hybridized carbons (Fsp3) is 0.143. The minimum atomic E-state index is 0.934. The number of aromatic nitrogens is 6. The molecule has 0 aliphatic carbocycles. The zero-order valence-electron chi connectivity index (χ0n) is 20.5. The van der Waals surface area contributed by atoms with Gasteiger partial charge in [-0.15, -0.1) is 0 Å². The van der Waals surface area contributed by atoms with Gasteiger partial charge in [-0.25, -0.2) is 19.9 Å². The Morgan fingerprint density at radius 2 is 1.24 bits per heavy atom. The standard InChI is InChI=1S/C7H7BrN2.C7H5BrN2.C7H8N2.C7H6N2/c2*8-6-3-5-1-2-9-7(5)10-4-6;2*1-2-6-3-5-9-7(6)8-4-1/h3-4H,1-2H2,(H,9,10);1-4H,(H,9,10);1-2,4H,3,5H2,(H,8,9);1-5H,(H,8,9). The number of hydrogen-bond donors (Lipinski definition) is 4. The molecular weight excluding hydrogens is 608 g/mol. The Hall–Kier alpha value is -3.76. The normalized spacial score (nSPS) is 12.5. The van der Waals surface area contributed by atoms with Crippen LogP contribution in [-0.4, -0.2) is 43.0 Å². The van der Waals surface area contributed by atoms with Gasteiger partial charge in [0.25, 0.3) is 0 Å². The van der Waals surface area contributed by atoms with E-state index in [1.807, 2.05) is 61.2 Å². The average Bonchev–Trinajstić information content (AvgIpc) is 3.75. The van der Waals surface area contributed by atoms with E-state index in [1.54, 1.807) is 12.4 Å². The van der Waals surface area contributed by atoms with Crippen molar-refractivity contribution in [3.63, 3.8) is 0 Å². The minimum absolute atomic E-state index is 0.934. The molecule has 4 N–H and O–H groups in total. The van der Waals surface area contributed by atoms with E-state index in [-0.39, 0.29) is 0 Å². The average molecular weight is 634 g/mol. The molecule has 0 aromatic carbocycles. The number of fused-ring (bicyclic) bond motifs is 4. The van der Waals surface area contributed by atoms with Crippen molar-refractivity contribution in [3.8, 4) is 0 Å². The van der Waals surface area contributed by atoms with Crippen LogP contribution in [0.15, 0.2) is 94.7 Å². The number of nitrogens with one attached hydrogen (secondary N) is 4. The van der Waals surface area contributed by atoms with E-state index < -0.39 is 0 Å². The smallest absolute Gasteiger partial charge is 0.137 e. The summed E-state index contributed by atoms with van der Waals surface area (Å²) in [4.78, 5) is 22.6. The van der Waals surface area contributed by atoms with Crippen LogP contribution in [0.25, 0.3) is 22.1 Å². The Morgan fingerprint density at radius 3 is 2.03 bits per heavy atom. The summed E-state index contributed by atoms with van der Waals surface area (Å²) in [5, 5.41) is 8.68. The highest BCUT2D eigenvalue weighted by Gasteiger charge is 2.10. The van der Waals surface area contributed by atoms with E-state index in [9.17, 15) is 0 Å². The molecule has 8 nitrogen and oxygen atoms in total. The Bertz CT molecular complexity index is 1570. The van der Waals surface area contributed by atoms with Gasteiger partial charge in [0.05, 0.1) is 0 Å². The van der Waals surface area contributed by atoms with Crippen LogP contribution in [0.3, 0.4) is 0 Å². The molecule has 6 aromatic rings. The van der Waals surface area contributed by atoms with Crippen LogP contribution in [0, 0.1) is 0 Å². The van der Waals surface area contributed by atoms with Gasteiger partial charge < -0.3 is 20.6 Å². The van der Waals surface area contributed by atoms with Gasteiger partial charge in [-0.05, 0) is 98.3 Å². The second-order valence-electron chi connectivity index (χ2n) is 8.51. The highest BCUT2D eigenvalue weighted by Crippen LogP contribution is 2.22. The van der Waals surface area contributed by atoms with Gasteiger partial charge in [0, 0.05) is 70.0 Å².